The second-order valence-corrected chi connectivity index (χ2v) is 8.08. The van der Waals surface area contributed by atoms with Crippen molar-refractivity contribution < 1.29 is 4.79 Å². The first kappa shape index (κ1) is 18.4. The van der Waals surface area contributed by atoms with Crippen LogP contribution in [0.25, 0.3) is 21.3 Å². The smallest absolute Gasteiger partial charge is 0.263 e. The summed E-state index contributed by atoms with van der Waals surface area (Å²) in [6.45, 7) is 7.87. The van der Waals surface area contributed by atoms with Crippen LogP contribution < -0.4 is 5.56 Å². The van der Waals surface area contributed by atoms with Gasteiger partial charge in [-0.25, -0.2) is 4.98 Å². The van der Waals surface area contributed by atoms with E-state index in [0.717, 1.165) is 22.5 Å². The van der Waals surface area contributed by atoms with Gasteiger partial charge in [0.15, 0.2) is 5.78 Å². The van der Waals surface area contributed by atoms with Crippen LogP contribution in [0.1, 0.15) is 32.9 Å². The van der Waals surface area contributed by atoms with Gasteiger partial charge in [-0.1, -0.05) is 18.2 Å². The molecular formula is C22H21N3O2S. The number of thiophene rings is 1. The van der Waals surface area contributed by atoms with Crippen molar-refractivity contribution in [3.63, 3.8) is 0 Å². The zero-order chi connectivity index (χ0) is 20.0. The largest absolute Gasteiger partial charge is 0.362 e. The fourth-order valence-corrected chi connectivity index (χ4v) is 4.36. The lowest BCUT2D eigenvalue weighted by Crippen LogP contribution is -2.24. The number of hydrogen-bond donors (Lipinski definition) is 1. The molecule has 4 aromatic rings. The van der Waals surface area contributed by atoms with Crippen LogP contribution in [-0.4, -0.2) is 20.3 Å². The Bertz CT molecular complexity index is 1280. The van der Waals surface area contributed by atoms with Gasteiger partial charge in [0, 0.05) is 27.9 Å². The minimum absolute atomic E-state index is 0.0257. The molecule has 0 aliphatic carbocycles. The first-order valence-electron chi connectivity index (χ1n) is 9.09. The maximum absolute atomic E-state index is 13.2. The molecule has 28 heavy (non-hydrogen) atoms. The lowest BCUT2D eigenvalue weighted by Gasteiger charge is -2.07. The number of Topliss-reactive ketones (excluding diaryl/α,β-unsaturated/α-hetero) is 1. The van der Waals surface area contributed by atoms with Crippen molar-refractivity contribution in [3.8, 4) is 11.1 Å². The predicted molar refractivity (Wildman–Crippen MR) is 113 cm³/mol. The van der Waals surface area contributed by atoms with Crippen molar-refractivity contribution >= 4 is 27.3 Å². The summed E-state index contributed by atoms with van der Waals surface area (Å²) < 4.78 is 1.41. The van der Waals surface area contributed by atoms with Gasteiger partial charge in [0.2, 0.25) is 0 Å². The lowest BCUT2D eigenvalue weighted by atomic mass is 10.0. The van der Waals surface area contributed by atoms with Gasteiger partial charge in [-0.05, 0) is 50.5 Å². The van der Waals surface area contributed by atoms with Crippen LogP contribution in [0.4, 0.5) is 0 Å². The number of carbonyl (C=O) groups is 1. The van der Waals surface area contributed by atoms with E-state index in [9.17, 15) is 9.59 Å². The van der Waals surface area contributed by atoms with Gasteiger partial charge in [0.25, 0.3) is 5.56 Å². The topological polar surface area (TPSA) is 67.8 Å². The highest BCUT2D eigenvalue weighted by molar-refractivity contribution is 7.17. The van der Waals surface area contributed by atoms with E-state index in [1.807, 2.05) is 31.4 Å². The molecule has 0 saturated carbocycles. The molecule has 142 valence electrons. The summed E-state index contributed by atoms with van der Waals surface area (Å²) in [5.74, 6) is -0.104. The number of aromatic amines is 1. The van der Waals surface area contributed by atoms with E-state index < -0.39 is 0 Å². The lowest BCUT2D eigenvalue weighted by molar-refractivity contribution is 0.0970. The van der Waals surface area contributed by atoms with E-state index in [0.29, 0.717) is 15.8 Å². The Kier molecular flexibility index (Phi) is 4.51. The van der Waals surface area contributed by atoms with Crippen LogP contribution in [0, 0.1) is 27.7 Å². The molecule has 0 amide bonds. The Morgan fingerprint density at radius 1 is 1.14 bits per heavy atom. The number of benzene rings is 1. The Hall–Kier alpha value is -2.99. The molecule has 1 N–H and O–H groups in total. The van der Waals surface area contributed by atoms with Gasteiger partial charge in [0.1, 0.15) is 4.83 Å². The highest BCUT2D eigenvalue weighted by Crippen LogP contribution is 2.31. The van der Waals surface area contributed by atoms with Gasteiger partial charge >= 0.3 is 0 Å². The van der Waals surface area contributed by atoms with E-state index in [1.54, 1.807) is 0 Å². The van der Waals surface area contributed by atoms with E-state index >= 15 is 0 Å². The summed E-state index contributed by atoms with van der Waals surface area (Å²) in [7, 11) is 0. The average molecular weight is 391 g/mol. The van der Waals surface area contributed by atoms with Crippen LogP contribution in [0.15, 0.2) is 40.8 Å². The van der Waals surface area contributed by atoms with Gasteiger partial charge in [-0.15, -0.1) is 11.3 Å². The Morgan fingerprint density at radius 3 is 2.61 bits per heavy atom. The number of aromatic nitrogens is 3. The minimum Gasteiger partial charge on any atom is -0.362 e. The first-order chi connectivity index (χ1) is 13.3. The van der Waals surface area contributed by atoms with Gasteiger partial charge in [0.05, 0.1) is 18.3 Å². The molecule has 5 nitrogen and oxygen atoms in total. The second-order valence-electron chi connectivity index (χ2n) is 7.22. The standard InChI is InChI=1S/C22H21N3O2S/c1-12-5-6-16(7-13(12)2)18-10-28-21-20(18)22(27)25(11-23-21)9-19(26)17-8-14(3)24-15(17)4/h5-8,10-11,24H,9H2,1-4H3. The maximum atomic E-state index is 13.2. The molecule has 0 radical (unpaired) electrons. The third kappa shape index (κ3) is 3.10. The molecule has 4 rings (SSSR count). The summed E-state index contributed by atoms with van der Waals surface area (Å²) in [5, 5.41) is 2.54. The van der Waals surface area contributed by atoms with E-state index in [2.05, 4.69) is 35.9 Å². The molecule has 0 unspecified atom stereocenters. The van der Waals surface area contributed by atoms with E-state index in [-0.39, 0.29) is 17.9 Å². The number of rotatable bonds is 4. The van der Waals surface area contributed by atoms with Crippen molar-refractivity contribution in [1.82, 2.24) is 14.5 Å². The van der Waals surface area contributed by atoms with Crippen molar-refractivity contribution in [2.45, 2.75) is 34.2 Å². The number of carbonyl (C=O) groups excluding carboxylic acids is 1. The van der Waals surface area contributed by atoms with Crippen molar-refractivity contribution in [2.24, 2.45) is 0 Å². The zero-order valence-corrected chi connectivity index (χ0v) is 17.1. The Balaban J connectivity index is 1.78. The fourth-order valence-electron chi connectivity index (χ4n) is 3.46. The number of aryl methyl sites for hydroxylation is 4. The number of hydrogen-bond acceptors (Lipinski definition) is 4. The molecule has 0 aliphatic heterocycles. The molecule has 0 atom stereocenters. The van der Waals surface area contributed by atoms with Crippen molar-refractivity contribution in [3.05, 3.63) is 74.4 Å². The molecule has 0 aliphatic rings. The first-order valence-corrected chi connectivity index (χ1v) is 9.97. The third-order valence-corrected chi connectivity index (χ3v) is 6.03. The number of ketones is 1. The van der Waals surface area contributed by atoms with Gasteiger partial charge < -0.3 is 4.98 Å². The predicted octanol–water partition coefficient (Wildman–Crippen LogP) is 4.57. The van der Waals surface area contributed by atoms with Crippen LogP contribution >= 0.6 is 11.3 Å². The molecule has 0 spiro atoms. The summed E-state index contributed by atoms with van der Waals surface area (Å²) in [6.07, 6.45) is 1.47. The zero-order valence-electron chi connectivity index (χ0n) is 16.3. The van der Waals surface area contributed by atoms with E-state index in [1.165, 1.54) is 33.4 Å². The number of fused-ring (bicyclic) bond motifs is 1. The highest BCUT2D eigenvalue weighted by Gasteiger charge is 2.17. The molecule has 1 aromatic carbocycles. The number of nitrogens with one attached hydrogen (secondary N) is 1. The molecule has 0 fully saturated rings. The third-order valence-electron chi connectivity index (χ3n) is 5.14. The van der Waals surface area contributed by atoms with Crippen LogP contribution in [-0.2, 0) is 6.54 Å². The number of nitrogens with zero attached hydrogens (tertiary/aromatic N) is 2. The Morgan fingerprint density at radius 2 is 1.93 bits per heavy atom. The summed E-state index contributed by atoms with van der Waals surface area (Å²) >= 11 is 1.45. The molecule has 6 heteroatoms. The fraction of sp³-hybridized carbons (Fsp3) is 0.227. The van der Waals surface area contributed by atoms with Crippen molar-refractivity contribution in [1.29, 1.82) is 0 Å². The summed E-state index contributed by atoms with van der Waals surface area (Å²) in [6, 6.07) is 7.99. The van der Waals surface area contributed by atoms with E-state index in [4.69, 9.17) is 0 Å². The molecule has 3 aromatic heterocycles. The SMILES string of the molecule is Cc1cc(C(=O)Cn2cnc3scc(-c4ccc(C)c(C)c4)c3c2=O)c(C)[nH]1. The van der Waals surface area contributed by atoms with Gasteiger partial charge in [-0.3, -0.25) is 14.2 Å². The average Bonchev–Trinajstić information content (AvgIpc) is 3.23. The number of H-pyrrole nitrogens is 1. The normalized spacial score (nSPS) is 11.3. The van der Waals surface area contributed by atoms with Crippen LogP contribution in [0.5, 0.6) is 0 Å². The highest BCUT2D eigenvalue weighted by atomic mass is 32.1. The summed E-state index contributed by atoms with van der Waals surface area (Å²) in [4.78, 5) is 34.1. The summed E-state index contributed by atoms with van der Waals surface area (Å²) in [5.41, 5.74) is 6.43. The minimum atomic E-state index is -0.183. The van der Waals surface area contributed by atoms with Crippen molar-refractivity contribution in [2.75, 3.05) is 0 Å². The quantitative estimate of drug-likeness (QED) is 0.518. The maximum Gasteiger partial charge on any atom is 0.263 e. The monoisotopic (exact) mass is 391 g/mol. The van der Waals surface area contributed by atoms with Crippen LogP contribution in [0.3, 0.4) is 0 Å². The molecule has 3 heterocycles. The van der Waals surface area contributed by atoms with Crippen LogP contribution in [0.2, 0.25) is 0 Å². The van der Waals surface area contributed by atoms with Gasteiger partial charge in [-0.2, -0.15) is 0 Å². The molecule has 0 bridgehead atoms. The molecular weight excluding hydrogens is 370 g/mol. The molecule has 0 saturated heterocycles. The Labute approximate surface area is 166 Å². The second kappa shape index (κ2) is 6.87.